The average molecular weight is 728 g/mol. The second kappa shape index (κ2) is 14.3. The number of anilines is 3. The van der Waals surface area contributed by atoms with Gasteiger partial charge in [-0.15, -0.1) is 0 Å². The van der Waals surface area contributed by atoms with E-state index in [-0.39, 0.29) is 5.69 Å². The van der Waals surface area contributed by atoms with Crippen LogP contribution in [0.15, 0.2) is 210 Å². The number of aromatic nitrogens is 3. The lowest BCUT2D eigenvalue weighted by molar-refractivity contribution is 0.669. The molecule has 0 N–H and O–H groups in total. The number of para-hydroxylation sites is 1. The van der Waals surface area contributed by atoms with Crippen LogP contribution < -0.4 is 4.90 Å². The van der Waals surface area contributed by atoms with Crippen molar-refractivity contribution in [1.82, 2.24) is 15.0 Å². The molecule has 5 nitrogen and oxygen atoms in total. The first-order chi connectivity index (χ1) is 31.5. The molecule has 0 saturated carbocycles. The lowest BCUT2D eigenvalue weighted by atomic mass is 10.0. The Labute approximate surface area is 337 Å². The Morgan fingerprint density at radius 1 is 0.393 bits per heavy atom. The van der Waals surface area contributed by atoms with Crippen LogP contribution in [0.5, 0.6) is 0 Å². The molecule has 264 valence electrons. The van der Waals surface area contributed by atoms with E-state index in [1.165, 1.54) is 0 Å². The molecule has 0 atom stereocenters. The van der Waals surface area contributed by atoms with Crippen molar-refractivity contribution in [2.24, 2.45) is 0 Å². The Bertz CT molecular complexity index is 3360. The molecule has 10 aromatic rings. The fraction of sp³-hybridized carbons (Fsp3) is 0. The van der Waals surface area contributed by atoms with Gasteiger partial charge in [-0.1, -0.05) is 164 Å². The third kappa shape index (κ3) is 6.27. The van der Waals surface area contributed by atoms with Crippen LogP contribution in [0, 0.1) is 0 Å². The van der Waals surface area contributed by atoms with Crippen molar-refractivity contribution < 1.29 is 16.8 Å². The number of benzene rings is 8. The quantitative estimate of drug-likeness (QED) is 0.156. The molecule has 0 aliphatic carbocycles. The molecule has 2 heterocycles. The van der Waals surface area contributed by atoms with Crippen molar-refractivity contribution in [3.05, 3.63) is 206 Å². The summed E-state index contributed by atoms with van der Waals surface area (Å²) in [5.74, 6) is 1.17. The van der Waals surface area contributed by atoms with Crippen LogP contribution in [-0.2, 0) is 0 Å². The van der Waals surface area contributed by atoms with Gasteiger partial charge >= 0.3 is 0 Å². The van der Waals surface area contributed by atoms with Crippen LogP contribution in [0.3, 0.4) is 0 Å². The van der Waals surface area contributed by atoms with Gasteiger partial charge in [0, 0.05) is 44.9 Å². The highest BCUT2D eigenvalue weighted by Crippen LogP contribution is 2.44. The first-order valence-electron chi connectivity index (χ1n) is 22.5. The van der Waals surface area contributed by atoms with E-state index in [2.05, 4.69) is 0 Å². The molecule has 0 radical (unpaired) electrons. The van der Waals surface area contributed by atoms with Gasteiger partial charge in [-0.25, -0.2) is 15.0 Å². The molecule has 0 aliphatic heterocycles. The maximum absolute atomic E-state index is 9.59. The molecule has 0 aliphatic rings. The van der Waals surface area contributed by atoms with Crippen LogP contribution in [0.1, 0.15) is 12.3 Å². The van der Waals surface area contributed by atoms with Crippen LogP contribution in [0.4, 0.5) is 17.1 Å². The van der Waals surface area contributed by atoms with Gasteiger partial charge in [0.25, 0.3) is 0 Å². The van der Waals surface area contributed by atoms with E-state index >= 15 is 0 Å². The van der Waals surface area contributed by atoms with Crippen molar-refractivity contribution in [3.8, 4) is 56.4 Å². The van der Waals surface area contributed by atoms with E-state index in [1.807, 2.05) is 146 Å². The Kier molecular flexibility index (Phi) is 6.30. The van der Waals surface area contributed by atoms with Crippen LogP contribution in [0.2, 0.25) is 0 Å². The molecule has 0 bridgehead atoms. The summed E-state index contributed by atoms with van der Waals surface area (Å²) < 4.78 is 86.6. The van der Waals surface area contributed by atoms with Gasteiger partial charge in [-0.2, -0.15) is 0 Å². The van der Waals surface area contributed by atoms with Crippen LogP contribution in [0.25, 0.3) is 78.4 Å². The first kappa shape index (κ1) is 24.6. The maximum Gasteiger partial charge on any atom is 0.164 e. The van der Waals surface area contributed by atoms with Crippen molar-refractivity contribution >= 4 is 39.0 Å². The number of fused-ring (bicyclic) bond motifs is 3. The molecule has 10 rings (SSSR count). The minimum atomic E-state index is -0.655. The van der Waals surface area contributed by atoms with E-state index in [0.29, 0.717) is 51.0 Å². The lowest BCUT2D eigenvalue weighted by Gasteiger charge is -2.26. The number of nitrogens with zero attached hydrogens (tertiary/aromatic N) is 4. The normalized spacial score (nSPS) is 13.5. The summed E-state index contributed by atoms with van der Waals surface area (Å²) in [6.45, 7) is 0. The smallest absolute Gasteiger partial charge is 0.164 e. The van der Waals surface area contributed by atoms with Gasteiger partial charge in [0.15, 0.2) is 17.5 Å². The topological polar surface area (TPSA) is 55.1 Å². The van der Waals surface area contributed by atoms with Gasteiger partial charge in [0.05, 0.1) is 18.0 Å². The monoisotopic (exact) mass is 727 g/mol. The van der Waals surface area contributed by atoms with Crippen molar-refractivity contribution in [3.63, 3.8) is 0 Å². The molecule has 0 unspecified atom stereocenters. The van der Waals surface area contributed by atoms with Crippen LogP contribution in [-0.4, -0.2) is 15.0 Å². The number of hydrogen-bond donors (Lipinski definition) is 0. The van der Waals surface area contributed by atoms with Crippen molar-refractivity contribution in [2.75, 3.05) is 4.90 Å². The zero-order valence-corrected chi connectivity index (χ0v) is 29.6. The number of hydrogen-bond acceptors (Lipinski definition) is 5. The summed E-state index contributed by atoms with van der Waals surface area (Å²) in [5, 5.41) is 1.49. The molecule has 56 heavy (non-hydrogen) atoms. The van der Waals surface area contributed by atoms with E-state index in [4.69, 9.17) is 26.2 Å². The number of furan rings is 1. The van der Waals surface area contributed by atoms with Crippen LogP contribution >= 0.6 is 0 Å². The Morgan fingerprint density at radius 3 is 1.57 bits per heavy atom. The summed E-state index contributed by atoms with van der Waals surface area (Å²) >= 11 is 0. The van der Waals surface area contributed by atoms with Gasteiger partial charge < -0.3 is 9.32 Å². The summed E-state index contributed by atoms with van der Waals surface area (Å²) in [6.07, 6.45) is 0. The fourth-order valence-electron chi connectivity index (χ4n) is 6.83. The minimum absolute atomic E-state index is 0.157. The Hall–Kier alpha value is -7.63. The fourth-order valence-corrected chi connectivity index (χ4v) is 6.83. The van der Waals surface area contributed by atoms with Gasteiger partial charge in [-0.3, -0.25) is 0 Å². The largest absolute Gasteiger partial charge is 0.456 e. The Morgan fingerprint density at radius 2 is 0.929 bits per heavy atom. The molecule has 5 heteroatoms. The molecule has 2 aromatic heterocycles. The van der Waals surface area contributed by atoms with E-state index in [9.17, 15) is 5.48 Å². The zero-order chi connectivity index (χ0) is 45.1. The van der Waals surface area contributed by atoms with Gasteiger partial charge in [0.1, 0.15) is 11.2 Å². The standard InChI is InChI=1S/C51H34N4O/c1-5-15-35(16-6-1)37-25-29-41(30-26-37)55(42-31-27-38(28-32-42)36-17-7-2-8-18-36)43-33-45(48-44-23-13-14-24-46(44)56-47(48)34-43)51-53-49(39-19-9-3-10-20-39)52-50(54-51)40-21-11-4-12-22-40/h1-34H/i1D,5D,6D,15D,16D,25D,26D,29D,30D. The third-order valence-corrected chi connectivity index (χ3v) is 9.48. The van der Waals surface area contributed by atoms with Crippen molar-refractivity contribution in [1.29, 1.82) is 0 Å². The molecule has 0 saturated heterocycles. The molecule has 0 spiro atoms. The molecule has 0 amide bonds. The summed E-state index contributed by atoms with van der Waals surface area (Å²) in [7, 11) is 0. The van der Waals surface area contributed by atoms with E-state index in [0.717, 1.165) is 27.6 Å². The molecular weight excluding hydrogens is 685 g/mol. The maximum atomic E-state index is 9.59. The summed E-state index contributed by atoms with van der Waals surface area (Å²) in [5.41, 5.74) is 4.78. The highest BCUT2D eigenvalue weighted by atomic mass is 16.3. The Balaban J connectivity index is 1.27. The van der Waals surface area contributed by atoms with E-state index < -0.39 is 65.5 Å². The van der Waals surface area contributed by atoms with Gasteiger partial charge in [0.2, 0.25) is 0 Å². The first-order valence-corrected chi connectivity index (χ1v) is 18.0. The lowest BCUT2D eigenvalue weighted by Crippen LogP contribution is -2.10. The SMILES string of the molecule is [2H]c1c([2H])c([2H])c(-c2c([2H])c([2H])c(N(c3ccc(-c4ccccc4)cc3)c3cc(-c4nc(-c5ccccc5)nc(-c5ccccc5)n4)c4c(c3)oc3ccccc34)c([2H])c2[2H])c([2H])c1[2H]. The second-order valence-electron chi connectivity index (χ2n) is 13.0. The molecule has 8 aromatic carbocycles. The minimum Gasteiger partial charge on any atom is -0.456 e. The number of rotatable bonds is 8. The predicted octanol–water partition coefficient (Wildman–Crippen LogP) is 13.6. The summed E-state index contributed by atoms with van der Waals surface area (Å²) in [4.78, 5) is 16.7. The second-order valence-corrected chi connectivity index (χ2v) is 13.0. The average Bonchev–Trinajstić information content (AvgIpc) is 3.73. The van der Waals surface area contributed by atoms with E-state index in [1.54, 1.807) is 11.0 Å². The molecular formula is C51H34N4O. The summed E-state index contributed by atoms with van der Waals surface area (Å²) in [6, 6.07) is 42.2. The third-order valence-electron chi connectivity index (χ3n) is 9.48. The highest BCUT2D eigenvalue weighted by molar-refractivity contribution is 6.13. The highest BCUT2D eigenvalue weighted by Gasteiger charge is 2.22. The van der Waals surface area contributed by atoms with Crippen molar-refractivity contribution in [2.45, 2.75) is 0 Å². The molecule has 0 fully saturated rings. The zero-order valence-electron chi connectivity index (χ0n) is 38.6. The van der Waals surface area contributed by atoms with Gasteiger partial charge in [-0.05, 0) is 58.6 Å². The predicted molar refractivity (Wildman–Crippen MR) is 229 cm³/mol.